The fraction of sp³-hybridized carbons (Fsp3) is 0.533. The van der Waals surface area contributed by atoms with Gasteiger partial charge in [-0.25, -0.2) is 4.98 Å². The molecule has 1 saturated heterocycles. The van der Waals surface area contributed by atoms with E-state index in [9.17, 15) is 0 Å². The Kier molecular flexibility index (Phi) is 2.69. The number of hydrogen-bond donors (Lipinski definition) is 1. The summed E-state index contributed by atoms with van der Waals surface area (Å²) >= 11 is 0. The van der Waals surface area contributed by atoms with Gasteiger partial charge in [0.25, 0.3) is 0 Å². The third kappa shape index (κ3) is 2.15. The standard InChI is InChI=1S/C15H21N3O/c1-14(2,16)7-15(8-19-9-15)11-4-5-13-12(6-11)17-10-18(13)3/h4-6,10H,7-9,16H2,1-3H3. The van der Waals surface area contributed by atoms with Gasteiger partial charge in [-0.2, -0.15) is 0 Å². The Balaban J connectivity index is 2.01. The first-order valence-electron chi connectivity index (χ1n) is 6.68. The van der Waals surface area contributed by atoms with Crippen LogP contribution in [-0.2, 0) is 17.2 Å². The first kappa shape index (κ1) is 12.6. The highest BCUT2D eigenvalue weighted by Crippen LogP contribution is 2.39. The number of aryl methyl sites for hydroxylation is 1. The molecule has 1 fully saturated rings. The largest absolute Gasteiger partial charge is 0.379 e. The van der Waals surface area contributed by atoms with Crippen LogP contribution in [-0.4, -0.2) is 28.3 Å². The van der Waals surface area contributed by atoms with Crippen LogP contribution in [0.4, 0.5) is 0 Å². The molecule has 3 rings (SSSR count). The summed E-state index contributed by atoms with van der Waals surface area (Å²) < 4.78 is 7.51. The zero-order valence-electron chi connectivity index (χ0n) is 11.8. The molecule has 0 atom stereocenters. The Morgan fingerprint density at radius 1 is 1.42 bits per heavy atom. The first-order valence-corrected chi connectivity index (χ1v) is 6.68. The van der Waals surface area contributed by atoms with E-state index in [-0.39, 0.29) is 11.0 Å². The van der Waals surface area contributed by atoms with Crippen molar-refractivity contribution in [1.82, 2.24) is 9.55 Å². The van der Waals surface area contributed by atoms with E-state index < -0.39 is 0 Å². The summed E-state index contributed by atoms with van der Waals surface area (Å²) in [5.41, 5.74) is 9.57. The Morgan fingerprint density at radius 2 is 2.16 bits per heavy atom. The summed E-state index contributed by atoms with van der Waals surface area (Å²) in [6.45, 7) is 5.66. The molecule has 1 aromatic carbocycles. The maximum absolute atomic E-state index is 6.21. The van der Waals surface area contributed by atoms with Crippen molar-refractivity contribution >= 4 is 11.0 Å². The molecule has 19 heavy (non-hydrogen) atoms. The summed E-state index contributed by atoms with van der Waals surface area (Å²) in [6, 6.07) is 6.52. The van der Waals surface area contributed by atoms with Gasteiger partial charge in [0.05, 0.1) is 30.6 Å². The lowest BCUT2D eigenvalue weighted by Crippen LogP contribution is -2.53. The lowest BCUT2D eigenvalue weighted by Gasteiger charge is -2.45. The Bertz CT molecular complexity index is 605. The van der Waals surface area contributed by atoms with Crippen LogP contribution in [0.15, 0.2) is 24.5 Å². The number of imidazole rings is 1. The second kappa shape index (κ2) is 4.05. The van der Waals surface area contributed by atoms with Gasteiger partial charge in [-0.3, -0.25) is 0 Å². The van der Waals surface area contributed by atoms with Crippen LogP contribution in [0, 0.1) is 0 Å². The average Bonchev–Trinajstić information content (AvgIpc) is 2.64. The number of fused-ring (bicyclic) bond motifs is 1. The Labute approximate surface area is 113 Å². The third-order valence-electron chi connectivity index (χ3n) is 3.89. The Hall–Kier alpha value is -1.39. The van der Waals surface area contributed by atoms with Crippen molar-refractivity contribution in [3.8, 4) is 0 Å². The maximum atomic E-state index is 6.21. The lowest BCUT2D eigenvalue weighted by molar-refractivity contribution is -0.0718. The molecule has 0 radical (unpaired) electrons. The number of rotatable bonds is 3. The summed E-state index contributed by atoms with van der Waals surface area (Å²) in [5.74, 6) is 0. The van der Waals surface area contributed by atoms with Crippen molar-refractivity contribution in [3.63, 3.8) is 0 Å². The second-order valence-corrected chi connectivity index (χ2v) is 6.50. The zero-order chi connectivity index (χ0) is 13.7. The minimum absolute atomic E-state index is 0.0595. The molecule has 0 saturated carbocycles. The van der Waals surface area contributed by atoms with Gasteiger partial charge in [0, 0.05) is 18.0 Å². The number of aromatic nitrogens is 2. The van der Waals surface area contributed by atoms with Gasteiger partial charge in [0.1, 0.15) is 0 Å². The van der Waals surface area contributed by atoms with Crippen molar-refractivity contribution < 1.29 is 4.74 Å². The van der Waals surface area contributed by atoms with Crippen LogP contribution in [0.3, 0.4) is 0 Å². The predicted octanol–water partition coefficient (Wildman–Crippen LogP) is 1.97. The van der Waals surface area contributed by atoms with Crippen LogP contribution in [0.5, 0.6) is 0 Å². The predicted molar refractivity (Wildman–Crippen MR) is 76.1 cm³/mol. The van der Waals surface area contributed by atoms with Crippen LogP contribution in [0.2, 0.25) is 0 Å². The van der Waals surface area contributed by atoms with E-state index in [0.717, 1.165) is 30.7 Å². The molecule has 0 aliphatic carbocycles. The highest BCUT2D eigenvalue weighted by molar-refractivity contribution is 5.76. The van der Waals surface area contributed by atoms with Crippen LogP contribution >= 0.6 is 0 Å². The van der Waals surface area contributed by atoms with E-state index in [1.54, 1.807) is 0 Å². The van der Waals surface area contributed by atoms with Crippen LogP contribution < -0.4 is 5.73 Å². The van der Waals surface area contributed by atoms with Crippen LogP contribution in [0.1, 0.15) is 25.8 Å². The Morgan fingerprint density at radius 3 is 2.74 bits per heavy atom. The molecule has 1 aliphatic rings. The minimum atomic E-state index is -0.192. The third-order valence-corrected chi connectivity index (χ3v) is 3.89. The van der Waals surface area contributed by atoms with Gasteiger partial charge in [-0.1, -0.05) is 6.07 Å². The van der Waals surface area contributed by atoms with E-state index in [1.807, 2.05) is 17.9 Å². The topological polar surface area (TPSA) is 53.1 Å². The van der Waals surface area contributed by atoms with Gasteiger partial charge < -0.3 is 15.0 Å². The van der Waals surface area contributed by atoms with Gasteiger partial charge in [-0.05, 0) is 38.0 Å². The molecule has 2 aromatic rings. The minimum Gasteiger partial charge on any atom is -0.379 e. The van der Waals surface area contributed by atoms with E-state index in [2.05, 4.69) is 37.0 Å². The van der Waals surface area contributed by atoms with E-state index in [1.165, 1.54) is 5.56 Å². The molecular weight excluding hydrogens is 238 g/mol. The van der Waals surface area contributed by atoms with Crippen molar-refractivity contribution in [3.05, 3.63) is 30.1 Å². The fourth-order valence-corrected chi connectivity index (χ4v) is 3.06. The smallest absolute Gasteiger partial charge is 0.0955 e. The quantitative estimate of drug-likeness (QED) is 0.917. The first-order chi connectivity index (χ1) is 8.90. The molecule has 1 aromatic heterocycles. The molecule has 0 unspecified atom stereocenters. The van der Waals surface area contributed by atoms with Crippen molar-refractivity contribution in [2.45, 2.75) is 31.2 Å². The molecule has 0 spiro atoms. The molecule has 4 nitrogen and oxygen atoms in total. The lowest BCUT2D eigenvalue weighted by atomic mass is 9.71. The summed E-state index contributed by atoms with van der Waals surface area (Å²) in [5, 5.41) is 0. The van der Waals surface area contributed by atoms with Gasteiger partial charge >= 0.3 is 0 Å². The van der Waals surface area contributed by atoms with Gasteiger partial charge in [0.15, 0.2) is 0 Å². The summed E-state index contributed by atoms with van der Waals surface area (Å²) in [4.78, 5) is 4.44. The molecular formula is C15H21N3O. The molecule has 1 aliphatic heterocycles. The highest BCUT2D eigenvalue weighted by Gasteiger charge is 2.43. The molecule has 2 N–H and O–H groups in total. The van der Waals surface area contributed by atoms with Crippen molar-refractivity contribution in [2.24, 2.45) is 12.8 Å². The fourth-order valence-electron chi connectivity index (χ4n) is 3.06. The zero-order valence-corrected chi connectivity index (χ0v) is 11.8. The second-order valence-electron chi connectivity index (χ2n) is 6.50. The SMILES string of the molecule is Cn1cnc2cc(C3(CC(C)(C)N)COC3)ccc21. The molecule has 2 heterocycles. The number of benzene rings is 1. The number of ether oxygens (including phenoxy) is 1. The van der Waals surface area contributed by atoms with E-state index in [0.29, 0.717) is 0 Å². The molecule has 0 amide bonds. The molecule has 4 heteroatoms. The van der Waals surface area contributed by atoms with Crippen molar-refractivity contribution in [2.75, 3.05) is 13.2 Å². The highest BCUT2D eigenvalue weighted by atomic mass is 16.5. The molecule has 102 valence electrons. The monoisotopic (exact) mass is 259 g/mol. The maximum Gasteiger partial charge on any atom is 0.0955 e. The number of hydrogen-bond acceptors (Lipinski definition) is 3. The number of nitrogens with zero attached hydrogens (tertiary/aromatic N) is 2. The average molecular weight is 259 g/mol. The number of nitrogens with two attached hydrogens (primary N) is 1. The summed E-state index contributed by atoms with van der Waals surface area (Å²) in [6.07, 6.45) is 2.78. The van der Waals surface area contributed by atoms with Crippen molar-refractivity contribution in [1.29, 1.82) is 0 Å². The van der Waals surface area contributed by atoms with E-state index in [4.69, 9.17) is 10.5 Å². The van der Waals surface area contributed by atoms with Gasteiger partial charge in [0.2, 0.25) is 0 Å². The normalized spacial score (nSPS) is 18.5. The molecule has 0 bridgehead atoms. The van der Waals surface area contributed by atoms with Crippen LogP contribution in [0.25, 0.3) is 11.0 Å². The van der Waals surface area contributed by atoms with Gasteiger partial charge in [-0.15, -0.1) is 0 Å². The van der Waals surface area contributed by atoms with E-state index >= 15 is 0 Å². The summed E-state index contributed by atoms with van der Waals surface area (Å²) in [7, 11) is 2.01.